The monoisotopic (exact) mass is 314 g/mol. The summed E-state index contributed by atoms with van der Waals surface area (Å²) in [5.74, 6) is 1.14. The largest absolute Gasteiger partial charge is 0.369 e. The quantitative estimate of drug-likeness (QED) is 0.924. The van der Waals surface area contributed by atoms with E-state index in [-0.39, 0.29) is 5.82 Å². The Morgan fingerprint density at radius 2 is 2.22 bits per heavy atom. The van der Waals surface area contributed by atoms with Crippen molar-refractivity contribution in [2.45, 2.75) is 26.8 Å². The fourth-order valence-electron chi connectivity index (χ4n) is 2.53. The third kappa shape index (κ3) is 2.54. The number of anilines is 1. The van der Waals surface area contributed by atoms with Crippen molar-refractivity contribution in [2.75, 3.05) is 18.0 Å². The van der Waals surface area contributed by atoms with Gasteiger partial charge in [-0.05, 0) is 45.8 Å². The minimum atomic E-state index is -0.178. The summed E-state index contributed by atoms with van der Waals surface area (Å²) in [6.45, 7) is 6.71. The highest BCUT2D eigenvalue weighted by molar-refractivity contribution is 9.10. The maximum atomic E-state index is 14.3. The molecule has 0 amide bonds. The number of hydrogen-bond donors (Lipinski definition) is 1. The van der Waals surface area contributed by atoms with Gasteiger partial charge in [0.25, 0.3) is 0 Å². The van der Waals surface area contributed by atoms with E-state index in [1.807, 2.05) is 12.1 Å². The van der Waals surface area contributed by atoms with Gasteiger partial charge in [0.1, 0.15) is 0 Å². The zero-order valence-electron chi connectivity index (χ0n) is 10.9. The summed E-state index contributed by atoms with van der Waals surface area (Å²) in [6.07, 6.45) is 1.15. The molecule has 1 aliphatic heterocycles. The van der Waals surface area contributed by atoms with Crippen molar-refractivity contribution < 1.29 is 4.39 Å². The minimum Gasteiger partial charge on any atom is -0.369 e. The number of nitrogens with two attached hydrogens (primary N) is 1. The lowest BCUT2D eigenvalue weighted by atomic mass is 9.95. The molecule has 1 atom stereocenters. The number of halogens is 2. The highest BCUT2D eigenvalue weighted by atomic mass is 79.9. The summed E-state index contributed by atoms with van der Waals surface area (Å²) < 4.78 is 14.8. The van der Waals surface area contributed by atoms with Crippen molar-refractivity contribution >= 4 is 21.6 Å². The van der Waals surface area contributed by atoms with E-state index >= 15 is 0 Å². The minimum absolute atomic E-state index is 0.178. The average molecular weight is 315 g/mol. The second-order valence-corrected chi connectivity index (χ2v) is 6.11. The maximum Gasteiger partial charge on any atom is 0.160 e. The van der Waals surface area contributed by atoms with Gasteiger partial charge in [-0.1, -0.05) is 19.9 Å². The normalized spacial score (nSPS) is 19.9. The van der Waals surface area contributed by atoms with Crippen molar-refractivity contribution in [3.05, 3.63) is 28.0 Å². The van der Waals surface area contributed by atoms with Crippen molar-refractivity contribution in [3.63, 3.8) is 0 Å². The molecule has 0 saturated carbocycles. The van der Waals surface area contributed by atoms with Gasteiger partial charge in [0, 0.05) is 19.6 Å². The van der Waals surface area contributed by atoms with Crippen molar-refractivity contribution in [2.24, 2.45) is 17.6 Å². The maximum absolute atomic E-state index is 14.3. The summed E-state index contributed by atoms with van der Waals surface area (Å²) in [4.78, 5) is 2.14. The summed E-state index contributed by atoms with van der Waals surface area (Å²) in [6, 6.07) is 3.76. The molecule has 1 fully saturated rings. The fraction of sp³-hybridized carbons (Fsp3) is 0.571. The van der Waals surface area contributed by atoms with E-state index in [4.69, 9.17) is 5.73 Å². The van der Waals surface area contributed by atoms with Gasteiger partial charge in [-0.15, -0.1) is 0 Å². The smallest absolute Gasteiger partial charge is 0.160 e. The van der Waals surface area contributed by atoms with Gasteiger partial charge >= 0.3 is 0 Å². The van der Waals surface area contributed by atoms with Crippen LogP contribution in [-0.4, -0.2) is 13.1 Å². The number of hydrogen-bond acceptors (Lipinski definition) is 2. The van der Waals surface area contributed by atoms with Gasteiger partial charge in [-0.25, -0.2) is 4.39 Å². The van der Waals surface area contributed by atoms with Crippen LogP contribution in [0.1, 0.15) is 25.8 Å². The fourth-order valence-corrected chi connectivity index (χ4v) is 3.03. The first-order chi connectivity index (χ1) is 8.54. The lowest BCUT2D eigenvalue weighted by Gasteiger charge is -2.21. The number of rotatable bonds is 3. The Balaban J connectivity index is 2.23. The van der Waals surface area contributed by atoms with Crippen LogP contribution >= 0.6 is 15.9 Å². The van der Waals surface area contributed by atoms with E-state index in [1.54, 1.807) is 0 Å². The Morgan fingerprint density at radius 3 is 2.78 bits per heavy atom. The Labute approximate surface area is 116 Å². The number of benzene rings is 1. The van der Waals surface area contributed by atoms with Crippen molar-refractivity contribution in [3.8, 4) is 0 Å². The molecule has 0 radical (unpaired) electrons. The topological polar surface area (TPSA) is 29.3 Å². The standard InChI is InChI=1S/C14H20BrFN2/c1-9(2)11-5-6-18(8-11)12-4-3-10(7-17)13(15)14(12)16/h3-4,9,11H,5-8,17H2,1-2H3. The predicted octanol–water partition coefficient (Wildman–Crippen LogP) is 3.53. The Morgan fingerprint density at radius 1 is 1.50 bits per heavy atom. The van der Waals surface area contributed by atoms with E-state index in [9.17, 15) is 4.39 Å². The molecule has 1 aromatic carbocycles. The second kappa shape index (κ2) is 5.57. The molecule has 1 unspecified atom stereocenters. The van der Waals surface area contributed by atoms with Crippen LogP contribution in [-0.2, 0) is 6.54 Å². The van der Waals surface area contributed by atoms with E-state index in [0.717, 1.165) is 25.1 Å². The third-order valence-electron chi connectivity index (χ3n) is 3.87. The molecule has 2 rings (SSSR count). The molecule has 2 N–H and O–H groups in total. The second-order valence-electron chi connectivity index (χ2n) is 5.31. The van der Waals surface area contributed by atoms with Crippen molar-refractivity contribution in [1.82, 2.24) is 0 Å². The lowest BCUT2D eigenvalue weighted by molar-refractivity contribution is 0.422. The summed E-state index contributed by atoms with van der Waals surface area (Å²) in [5, 5.41) is 0. The molecule has 2 nitrogen and oxygen atoms in total. The van der Waals surface area contributed by atoms with Crippen LogP contribution < -0.4 is 10.6 Å². The summed E-state index contributed by atoms with van der Waals surface area (Å²) >= 11 is 3.30. The number of nitrogens with zero attached hydrogens (tertiary/aromatic N) is 1. The van der Waals surface area contributed by atoms with Crippen LogP contribution in [0.4, 0.5) is 10.1 Å². The molecule has 1 aliphatic rings. The lowest BCUT2D eigenvalue weighted by Crippen LogP contribution is -2.22. The van der Waals surface area contributed by atoms with E-state index in [2.05, 4.69) is 34.7 Å². The Kier molecular flexibility index (Phi) is 4.28. The Hall–Kier alpha value is -0.610. The van der Waals surface area contributed by atoms with E-state index in [1.165, 1.54) is 0 Å². The molecule has 0 aliphatic carbocycles. The zero-order valence-corrected chi connectivity index (χ0v) is 12.5. The van der Waals surface area contributed by atoms with E-state index in [0.29, 0.717) is 28.5 Å². The molecular formula is C14H20BrFN2. The van der Waals surface area contributed by atoms with Crippen LogP contribution in [0.3, 0.4) is 0 Å². The molecule has 1 aromatic rings. The molecule has 0 aromatic heterocycles. The van der Waals surface area contributed by atoms with Crippen LogP contribution in [0.25, 0.3) is 0 Å². The van der Waals surface area contributed by atoms with E-state index < -0.39 is 0 Å². The van der Waals surface area contributed by atoms with Gasteiger partial charge in [0.05, 0.1) is 10.2 Å². The van der Waals surface area contributed by atoms with Crippen molar-refractivity contribution in [1.29, 1.82) is 0 Å². The highest BCUT2D eigenvalue weighted by Crippen LogP contribution is 2.33. The first-order valence-corrected chi connectivity index (χ1v) is 7.25. The van der Waals surface area contributed by atoms with Gasteiger partial charge in [0.2, 0.25) is 0 Å². The van der Waals surface area contributed by atoms with Gasteiger partial charge in [-0.3, -0.25) is 0 Å². The van der Waals surface area contributed by atoms with Crippen LogP contribution in [0.2, 0.25) is 0 Å². The zero-order chi connectivity index (χ0) is 13.3. The van der Waals surface area contributed by atoms with Gasteiger partial charge in [0.15, 0.2) is 5.82 Å². The first-order valence-electron chi connectivity index (χ1n) is 6.46. The molecule has 0 bridgehead atoms. The predicted molar refractivity (Wildman–Crippen MR) is 77.1 cm³/mol. The molecule has 4 heteroatoms. The van der Waals surface area contributed by atoms with Crippen LogP contribution in [0.15, 0.2) is 16.6 Å². The molecule has 100 valence electrons. The highest BCUT2D eigenvalue weighted by Gasteiger charge is 2.27. The average Bonchev–Trinajstić information content (AvgIpc) is 2.82. The SMILES string of the molecule is CC(C)C1CCN(c2ccc(CN)c(Br)c2F)C1. The van der Waals surface area contributed by atoms with Gasteiger partial charge in [-0.2, -0.15) is 0 Å². The van der Waals surface area contributed by atoms with Gasteiger partial charge < -0.3 is 10.6 Å². The molecule has 1 heterocycles. The third-order valence-corrected chi connectivity index (χ3v) is 4.73. The Bertz CT molecular complexity index is 434. The molecule has 0 spiro atoms. The van der Waals surface area contributed by atoms with Crippen LogP contribution in [0, 0.1) is 17.7 Å². The summed E-state index contributed by atoms with van der Waals surface area (Å²) in [5.41, 5.74) is 7.09. The summed E-state index contributed by atoms with van der Waals surface area (Å²) in [7, 11) is 0. The first kappa shape index (κ1) is 13.8. The van der Waals surface area contributed by atoms with Crippen LogP contribution in [0.5, 0.6) is 0 Å². The molecule has 18 heavy (non-hydrogen) atoms. The molecule has 1 saturated heterocycles. The molecular weight excluding hydrogens is 295 g/mol.